The Morgan fingerprint density at radius 3 is 2.43 bits per heavy atom. The summed E-state index contributed by atoms with van der Waals surface area (Å²) in [4.78, 5) is 19.4. The number of aromatic nitrogens is 2. The Kier molecular flexibility index (Phi) is 4.67. The monoisotopic (exact) mass is 405 g/mol. The Morgan fingerprint density at radius 2 is 1.83 bits per heavy atom. The highest BCUT2D eigenvalue weighted by molar-refractivity contribution is 6.04. The third-order valence-corrected chi connectivity index (χ3v) is 5.64. The predicted octanol–water partition coefficient (Wildman–Crippen LogP) is 3.85. The first-order chi connectivity index (χ1) is 14.1. The number of aromatic amines is 1. The van der Waals surface area contributed by atoms with Crippen molar-refractivity contribution in [2.75, 3.05) is 6.61 Å². The van der Waals surface area contributed by atoms with Crippen molar-refractivity contribution in [2.45, 2.75) is 38.8 Å². The first-order valence-electron chi connectivity index (χ1n) is 9.81. The summed E-state index contributed by atoms with van der Waals surface area (Å²) >= 11 is 0. The van der Waals surface area contributed by atoms with Crippen LogP contribution < -0.4 is 10.5 Å². The van der Waals surface area contributed by atoms with Gasteiger partial charge in [0.1, 0.15) is 23.7 Å². The fourth-order valence-corrected chi connectivity index (χ4v) is 3.97. The Balaban J connectivity index is 1.52. The lowest BCUT2D eigenvalue weighted by Crippen LogP contribution is -2.47. The summed E-state index contributed by atoms with van der Waals surface area (Å²) in [5, 5.41) is 13.6. The van der Waals surface area contributed by atoms with Crippen molar-refractivity contribution in [1.82, 2.24) is 15.0 Å². The van der Waals surface area contributed by atoms with Gasteiger partial charge >= 0.3 is 0 Å². The van der Waals surface area contributed by atoms with Crippen LogP contribution in [0.1, 0.15) is 38.1 Å². The molecule has 0 aliphatic carbocycles. The minimum atomic E-state index is -0.601. The van der Waals surface area contributed by atoms with Gasteiger partial charge in [-0.25, -0.2) is 4.98 Å². The zero-order chi connectivity index (χ0) is 21.7. The number of hydrogen-bond acceptors (Lipinski definition) is 4. The molecule has 7 heteroatoms. The Bertz CT molecular complexity index is 1140. The maximum atomic E-state index is 12.5. The van der Waals surface area contributed by atoms with Gasteiger partial charge in [-0.1, -0.05) is 12.1 Å². The van der Waals surface area contributed by atoms with E-state index in [0.29, 0.717) is 29.3 Å². The van der Waals surface area contributed by atoms with Crippen molar-refractivity contribution in [3.05, 3.63) is 59.7 Å². The van der Waals surface area contributed by atoms with E-state index in [4.69, 9.17) is 10.5 Å². The molecule has 3 N–H and O–H groups in total. The number of nitrogens with zero attached hydrogens (tertiary/aromatic N) is 2. The van der Waals surface area contributed by atoms with E-state index >= 15 is 0 Å². The van der Waals surface area contributed by atoms with E-state index in [1.165, 1.54) is 0 Å². The van der Waals surface area contributed by atoms with Gasteiger partial charge in [0, 0.05) is 5.56 Å². The highest BCUT2D eigenvalue weighted by Crippen LogP contribution is 2.38. The van der Waals surface area contributed by atoms with Crippen LogP contribution in [0.5, 0.6) is 5.75 Å². The van der Waals surface area contributed by atoms with Gasteiger partial charge < -0.3 is 15.5 Å². The molecule has 30 heavy (non-hydrogen) atoms. The second-order valence-corrected chi connectivity index (χ2v) is 8.64. The van der Waals surface area contributed by atoms with Gasteiger partial charge in [0.05, 0.1) is 22.2 Å². The lowest BCUT2D eigenvalue weighted by molar-refractivity contribution is -0.239. The molecule has 2 aromatic carbocycles. The van der Waals surface area contributed by atoms with Crippen molar-refractivity contribution in [3.8, 4) is 17.1 Å². The number of imidazole rings is 1. The summed E-state index contributed by atoms with van der Waals surface area (Å²) in [7, 11) is 0. The molecular weight excluding hydrogens is 380 g/mol. The standard InChI is InChI=1S/C23H25N4O3/c1-22(2)12-15(23(3,4)27(22)29)13-30-16-10-8-14(9-11-16)21-25-18-7-5-6-17(20(24)28)19(18)26-21/h5-12H,13H2,1-4H3,(H2,24,28)(H,25,26). The van der Waals surface area contributed by atoms with E-state index in [9.17, 15) is 10.0 Å². The number of benzene rings is 2. The van der Waals surface area contributed by atoms with Gasteiger partial charge in [-0.2, -0.15) is 0 Å². The normalized spacial score (nSPS) is 17.8. The maximum absolute atomic E-state index is 12.5. The van der Waals surface area contributed by atoms with Crippen LogP contribution in [-0.4, -0.2) is 38.6 Å². The van der Waals surface area contributed by atoms with Crippen molar-refractivity contribution < 1.29 is 14.7 Å². The molecule has 4 rings (SSSR count). The second kappa shape index (κ2) is 6.97. The van der Waals surface area contributed by atoms with Crippen molar-refractivity contribution in [2.24, 2.45) is 5.73 Å². The van der Waals surface area contributed by atoms with E-state index in [-0.39, 0.29) is 0 Å². The zero-order valence-corrected chi connectivity index (χ0v) is 17.5. The number of hydrogen-bond donors (Lipinski definition) is 2. The van der Waals surface area contributed by atoms with E-state index in [0.717, 1.165) is 21.7 Å². The summed E-state index contributed by atoms with van der Waals surface area (Å²) in [5.74, 6) is 0.839. The third-order valence-electron chi connectivity index (χ3n) is 5.64. The SMILES string of the molecule is CC1(C)C=C(COc2ccc(-c3nc4c(C(N)=O)cccc4[nH]3)cc2)C(C)(C)N1[O]. The van der Waals surface area contributed by atoms with Crippen LogP contribution in [0.15, 0.2) is 54.1 Å². The third kappa shape index (κ3) is 3.36. The summed E-state index contributed by atoms with van der Waals surface area (Å²) in [6.07, 6.45) is 1.99. The lowest BCUT2D eigenvalue weighted by atomic mass is 9.97. The number of ether oxygens (including phenoxy) is 1. The molecule has 0 fully saturated rings. The quantitative estimate of drug-likeness (QED) is 0.629. The fraction of sp³-hybridized carbons (Fsp3) is 0.304. The minimum absolute atomic E-state index is 0.348. The molecule has 1 aliphatic rings. The van der Waals surface area contributed by atoms with Gasteiger partial charge in [0.15, 0.2) is 0 Å². The van der Waals surface area contributed by atoms with Crippen LogP contribution in [0, 0.1) is 0 Å². The van der Waals surface area contributed by atoms with Gasteiger partial charge in [0.2, 0.25) is 0 Å². The summed E-state index contributed by atoms with van der Waals surface area (Å²) in [6.45, 7) is 7.98. The number of carbonyl (C=O) groups excluding carboxylic acids is 1. The average molecular weight is 405 g/mol. The largest absolute Gasteiger partial charge is 0.489 e. The van der Waals surface area contributed by atoms with Gasteiger partial charge in [-0.3, -0.25) is 4.79 Å². The number of para-hydroxylation sites is 1. The molecule has 0 saturated heterocycles. The second-order valence-electron chi connectivity index (χ2n) is 8.64. The number of hydroxylamine groups is 2. The number of nitrogens with two attached hydrogens (primary N) is 1. The topological polar surface area (TPSA) is 104 Å². The minimum Gasteiger partial charge on any atom is -0.489 e. The fourth-order valence-electron chi connectivity index (χ4n) is 3.97. The number of carbonyl (C=O) groups is 1. The van der Waals surface area contributed by atoms with Crippen molar-refractivity contribution in [1.29, 1.82) is 0 Å². The smallest absolute Gasteiger partial charge is 0.250 e. The molecule has 1 radical (unpaired) electrons. The molecule has 0 spiro atoms. The Hall–Kier alpha value is -3.16. The summed E-state index contributed by atoms with van der Waals surface area (Å²) < 4.78 is 5.94. The number of amides is 1. The van der Waals surface area contributed by atoms with Gasteiger partial charge in [-0.15, -0.1) is 10.3 Å². The number of H-pyrrole nitrogens is 1. The Morgan fingerprint density at radius 1 is 1.13 bits per heavy atom. The number of primary amides is 1. The molecule has 155 valence electrons. The maximum Gasteiger partial charge on any atom is 0.250 e. The molecule has 0 saturated carbocycles. The van der Waals surface area contributed by atoms with Gasteiger partial charge in [-0.05, 0) is 69.7 Å². The van der Waals surface area contributed by atoms with E-state index in [1.54, 1.807) is 12.1 Å². The molecule has 3 aromatic rings. The van der Waals surface area contributed by atoms with Crippen molar-refractivity contribution in [3.63, 3.8) is 0 Å². The van der Waals surface area contributed by atoms with E-state index < -0.39 is 17.0 Å². The molecule has 1 aliphatic heterocycles. The van der Waals surface area contributed by atoms with Crippen LogP contribution in [0.4, 0.5) is 0 Å². The Labute approximate surface area is 175 Å². The summed E-state index contributed by atoms with van der Waals surface area (Å²) in [6, 6.07) is 12.8. The lowest BCUT2D eigenvalue weighted by Gasteiger charge is -2.33. The molecule has 1 amide bonds. The summed E-state index contributed by atoms with van der Waals surface area (Å²) in [5.41, 5.74) is 7.81. The number of nitrogens with one attached hydrogen (secondary N) is 1. The zero-order valence-electron chi connectivity index (χ0n) is 17.5. The van der Waals surface area contributed by atoms with Crippen LogP contribution in [0.3, 0.4) is 0 Å². The molecule has 2 heterocycles. The molecule has 0 bridgehead atoms. The average Bonchev–Trinajstić information content (AvgIpc) is 3.20. The highest BCUT2D eigenvalue weighted by Gasteiger charge is 2.46. The van der Waals surface area contributed by atoms with E-state index in [2.05, 4.69) is 9.97 Å². The van der Waals surface area contributed by atoms with Crippen LogP contribution in [0.25, 0.3) is 22.4 Å². The van der Waals surface area contributed by atoms with Crippen molar-refractivity contribution >= 4 is 16.9 Å². The number of rotatable bonds is 5. The highest BCUT2D eigenvalue weighted by atomic mass is 16.5. The predicted molar refractivity (Wildman–Crippen MR) is 114 cm³/mol. The van der Waals surface area contributed by atoms with Crippen LogP contribution in [0.2, 0.25) is 0 Å². The first-order valence-corrected chi connectivity index (χ1v) is 9.81. The molecule has 1 aromatic heterocycles. The van der Waals surface area contributed by atoms with Gasteiger partial charge in [0.25, 0.3) is 5.91 Å². The molecule has 7 nitrogen and oxygen atoms in total. The molecular formula is C23H25N4O3. The molecule has 0 atom stereocenters. The van der Waals surface area contributed by atoms with Crippen LogP contribution in [-0.2, 0) is 5.21 Å². The first kappa shape index (κ1) is 20.1. The molecule has 0 unspecified atom stereocenters. The number of fused-ring (bicyclic) bond motifs is 1. The van der Waals surface area contributed by atoms with Crippen LogP contribution >= 0.6 is 0 Å². The van der Waals surface area contributed by atoms with E-state index in [1.807, 2.05) is 64.1 Å².